The van der Waals surface area contributed by atoms with E-state index in [0.29, 0.717) is 36.0 Å². The maximum Gasteiger partial charge on any atom is 0.339 e. The highest BCUT2D eigenvalue weighted by Crippen LogP contribution is 2.28. The third kappa shape index (κ3) is 3.62. The summed E-state index contributed by atoms with van der Waals surface area (Å²) in [5, 5.41) is 0. The molecule has 0 N–H and O–H groups in total. The number of thiophene rings is 1. The Morgan fingerprint density at radius 2 is 1.81 bits per heavy atom. The lowest BCUT2D eigenvalue weighted by Crippen LogP contribution is -2.48. The number of carbonyl (C=O) groups excluding carboxylic acids is 1. The number of anilines is 1. The average Bonchev–Trinajstić information content (AvgIpc) is 3.17. The van der Waals surface area contributed by atoms with Gasteiger partial charge in [-0.25, -0.2) is 13.2 Å². The van der Waals surface area contributed by atoms with Crippen molar-refractivity contribution in [2.24, 2.45) is 0 Å². The Kier molecular flexibility index (Phi) is 5.64. The number of sulfonamides is 1. The van der Waals surface area contributed by atoms with Gasteiger partial charge in [-0.2, -0.15) is 4.31 Å². The SMILES string of the molecule is CCc1ccc(S(=O)(=O)N2CCN(c3ccccc3C(=O)OC)CC2)s1. The van der Waals surface area contributed by atoms with Crippen molar-refractivity contribution in [3.63, 3.8) is 0 Å². The van der Waals surface area contributed by atoms with Crippen LogP contribution in [0.1, 0.15) is 22.2 Å². The second kappa shape index (κ2) is 7.77. The summed E-state index contributed by atoms with van der Waals surface area (Å²) in [5.74, 6) is -0.388. The summed E-state index contributed by atoms with van der Waals surface area (Å²) in [6.45, 7) is 3.84. The van der Waals surface area contributed by atoms with Crippen molar-refractivity contribution in [3.05, 3.63) is 46.8 Å². The van der Waals surface area contributed by atoms with E-state index in [9.17, 15) is 13.2 Å². The van der Waals surface area contributed by atoms with Crippen molar-refractivity contribution in [2.45, 2.75) is 17.6 Å². The number of methoxy groups -OCH3 is 1. The van der Waals surface area contributed by atoms with Gasteiger partial charge in [-0.05, 0) is 30.7 Å². The minimum absolute atomic E-state index is 0.386. The molecule has 1 aromatic heterocycles. The molecule has 1 aromatic carbocycles. The van der Waals surface area contributed by atoms with Gasteiger partial charge in [0.15, 0.2) is 0 Å². The summed E-state index contributed by atoms with van der Waals surface area (Å²) in [5.41, 5.74) is 1.28. The predicted octanol–water partition coefficient (Wildman–Crippen LogP) is 2.61. The van der Waals surface area contributed by atoms with Crippen LogP contribution in [0, 0.1) is 0 Å². The minimum Gasteiger partial charge on any atom is -0.465 e. The highest BCUT2D eigenvalue weighted by atomic mass is 32.2. The number of rotatable bonds is 5. The smallest absolute Gasteiger partial charge is 0.339 e. The van der Waals surface area contributed by atoms with Crippen molar-refractivity contribution in [1.82, 2.24) is 4.31 Å². The summed E-state index contributed by atoms with van der Waals surface area (Å²) in [7, 11) is -2.10. The number of aryl methyl sites for hydroxylation is 1. The second-order valence-electron chi connectivity index (χ2n) is 5.97. The van der Waals surface area contributed by atoms with E-state index in [1.807, 2.05) is 30.0 Å². The van der Waals surface area contributed by atoms with Gasteiger partial charge in [-0.3, -0.25) is 0 Å². The molecule has 0 atom stereocenters. The quantitative estimate of drug-likeness (QED) is 0.730. The van der Waals surface area contributed by atoms with Crippen molar-refractivity contribution in [2.75, 3.05) is 38.2 Å². The molecule has 6 nitrogen and oxygen atoms in total. The highest BCUT2D eigenvalue weighted by Gasteiger charge is 2.30. The van der Waals surface area contributed by atoms with E-state index in [0.717, 1.165) is 17.0 Å². The normalized spacial score (nSPS) is 15.8. The van der Waals surface area contributed by atoms with Crippen molar-refractivity contribution < 1.29 is 17.9 Å². The molecule has 26 heavy (non-hydrogen) atoms. The monoisotopic (exact) mass is 394 g/mol. The number of benzene rings is 1. The Morgan fingerprint density at radius 3 is 2.42 bits per heavy atom. The number of esters is 1. The van der Waals surface area contributed by atoms with Gasteiger partial charge in [-0.1, -0.05) is 19.1 Å². The molecule has 2 aromatic rings. The Bertz CT molecular complexity index is 884. The van der Waals surface area contributed by atoms with Crippen molar-refractivity contribution in [1.29, 1.82) is 0 Å². The second-order valence-corrected chi connectivity index (χ2v) is 9.31. The van der Waals surface area contributed by atoms with Crippen LogP contribution in [0.5, 0.6) is 0 Å². The van der Waals surface area contributed by atoms with Crippen LogP contribution in [0.2, 0.25) is 0 Å². The number of nitrogens with zero attached hydrogens (tertiary/aromatic N) is 2. The molecule has 1 aliphatic rings. The number of hydrogen-bond donors (Lipinski definition) is 0. The lowest BCUT2D eigenvalue weighted by atomic mass is 10.1. The first kappa shape index (κ1) is 18.9. The first-order chi connectivity index (χ1) is 12.5. The van der Waals surface area contributed by atoms with E-state index < -0.39 is 10.0 Å². The third-order valence-electron chi connectivity index (χ3n) is 4.47. The van der Waals surface area contributed by atoms with E-state index in [1.54, 1.807) is 18.2 Å². The summed E-state index contributed by atoms with van der Waals surface area (Å²) in [4.78, 5) is 15.1. The highest BCUT2D eigenvalue weighted by molar-refractivity contribution is 7.91. The number of piperazine rings is 1. The molecule has 1 fully saturated rings. The summed E-state index contributed by atoms with van der Waals surface area (Å²) >= 11 is 1.34. The Labute approximate surface area is 158 Å². The Balaban J connectivity index is 1.75. The number of hydrogen-bond acceptors (Lipinski definition) is 6. The standard InChI is InChI=1S/C18H22N2O4S2/c1-3-14-8-9-17(25-14)26(22,23)20-12-10-19(11-13-20)16-7-5-4-6-15(16)18(21)24-2/h4-9H,3,10-13H2,1-2H3. The van der Waals surface area contributed by atoms with Gasteiger partial charge in [0, 0.05) is 31.1 Å². The van der Waals surface area contributed by atoms with E-state index in [2.05, 4.69) is 0 Å². The van der Waals surface area contributed by atoms with Gasteiger partial charge >= 0.3 is 5.97 Å². The van der Waals surface area contributed by atoms with E-state index in [1.165, 1.54) is 22.8 Å². The van der Waals surface area contributed by atoms with Crippen LogP contribution in [0.4, 0.5) is 5.69 Å². The van der Waals surface area contributed by atoms with Gasteiger partial charge in [0.1, 0.15) is 4.21 Å². The molecule has 1 aliphatic heterocycles. The maximum absolute atomic E-state index is 12.8. The van der Waals surface area contributed by atoms with Crippen molar-refractivity contribution >= 4 is 33.0 Å². The molecule has 2 heterocycles. The number of para-hydroxylation sites is 1. The molecule has 0 saturated carbocycles. The molecule has 0 radical (unpaired) electrons. The minimum atomic E-state index is -3.45. The summed E-state index contributed by atoms with van der Waals surface area (Å²) in [6.07, 6.45) is 0.832. The molecule has 3 rings (SSSR count). The van der Waals surface area contributed by atoms with Crippen LogP contribution in [0.25, 0.3) is 0 Å². The molecule has 0 spiro atoms. The van der Waals surface area contributed by atoms with Gasteiger partial charge in [0.2, 0.25) is 0 Å². The Hall–Kier alpha value is -1.90. The average molecular weight is 395 g/mol. The first-order valence-corrected chi connectivity index (χ1v) is 10.7. The fraction of sp³-hybridized carbons (Fsp3) is 0.389. The molecular weight excluding hydrogens is 372 g/mol. The first-order valence-electron chi connectivity index (χ1n) is 8.48. The third-order valence-corrected chi connectivity index (χ3v) is 8.06. The molecule has 1 saturated heterocycles. The maximum atomic E-state index is 12.8. The lowest BCUT2D eigenvalue weighted by Gasteiger charge is -2.35. The molecule has 0 bridgehead atoms. The molecule has 0 amide bonds. The van der Waals surface area contributed by atoms with Crippen LogP contribution in [0.3, 0.4) is 0 Å². The van der Waals surface area contributed by atoms with Gasteiger partial charge in [0.05, 0.1) is 18.4 Å². The molecule has 0 aliphatic carbocycles. The van der Waals surface area contributed by atoms with Crippen LogP contribution in [-0.4, -0.2) is 52.0 Å². The number of ether oxygens (including phenoxy) is 1. The molecule has 0 unspecified atom stereocenters. The predicted molar refractivity (Wildman–Crippen MR) is 102 cm³/mol. The fourth-order valence-corrected chi connectivity index (χ4v) is 5.89. The van der Waals surface area contributed by atoms with Crippen LogP contribution in [0.15, 0.2) is 40.6 Å². The van der Waals surface area contributed by atoms with Gasteiger partial charge in [-0.15, -0.1) is 11.3 Å². The zero-order valence-corrected chi connectivity index (χ0v) is 16.5. The van der Waals surface area contributed by atoms with Crippen LogP contribution in [-0.2, 0) is 21.2 Å². The van der Waals surface area contributed by atoms with Gasteiger partial charge in [0.25, 0.3) is 10.0 Å². The van der Waals surface area contributed by atoms with E-state index in [4.69, 9.17) is 4.74 Å². The zero-order chi connectivity index (χ0) is 18.7. The molecular formula is C18H22N2O4S2. The lowest BCUT2D eigenvalue weighted by molar-refractivity contribution is 0.0601. The molecule has 140 valence electrons. The summed E-state index contributed by atoms with van der Waals surface area (Å²) in [6, 6.07) is 10.8. The van der Waals surface area contributed by atoms with E-state index in [-0.39, 0.29) is 5.97 Å². The zero-order valence-electron chi connectivity index (χ0n) is 14.8. The van der Waals surface area contributed by atoms with Crippen LogP contribution >= 0.6 is 11.3 Å². The number of carbonyl (C=O) groups is 1. The largest absolute Gasteiger partial charge is 0.465 e. The van der Waals surface area contributed by atoms with E-state index >= 15 is 0 Å². The van der Waals surface area contributed by atoms with Gasteiger partial charge < -0.3 is 9.64 Å². The topological polar surface area (TPSA) is 66.9 Å². The molecule has 8 heteroatoms. The summed E-state index contributed by atoms with van der Waals surface area (Å²) < 4.78 is 32.4. The Morgan fingerprint density at radius 1 is 1.12 bits per heavy atom. The fourth-order valence-electron chi connectivity index (χ4n) is 3.02. The van der Waals surface area contributed by atoms with Crippen LogP contribution < -0.4 is 4.90 Å². The van der Waals surface area contributed by atoms with Crippen molar-refractivity contribution in [3.8, 4) is 0 Å².